The monoisotopic (exact) mass is 276 g/mol. The molecule has 0 fully saturated rings. The van der Waals surface area contributed by atoms with E-state index in [1.54, 1.807) is 14.2 Å². The van der Waals surface area contributed by atoms with Crippen LogP contribution in [0.25, 0.3) is 0 Å². The lowest BCUT2D eigenvalue weighted by Crippen LogP contribution is -2.30. The van der Waals surface area contributed by atoms with Crippen LogP contribution in [-0.4, -0.2) is 14.2 Å². The molecule has 1 atom stereocenters. The van der Waals surface area contributed by atoms with Crippen LogP contribution in [0.3, 0.4) is 0 Å². The molecule has 1 aromatic carbocycles. The smallest absolute Gasteiger partial charge is 0.127 e. The molecule has 0 saturated carbocycles. The van der Waals surface area contributed by atoms with Gasteiger partial charge in [-0.1, -0.05) is 24.1 Å². The molecule has 4 heteroatoms. The summed E-state index contributed by atoms with van der Waals surface area (Å²) < 4.78 is 11.0. The topological polar surface area (TPSA) is 56.5 Å². The Labute approximate surface area is 120 Å². The first-order valence-electron chi connectivity index (χ1n) is 7.17. The Balaban J connectivity index is 2.42. The van der Waals surface area contributed by atoms with E-state index in [1.165, 1.54) is 24.8 Å². The van der Waals surface area contributed by atoms with Crippen molar-refractivity contribution in [3.05, 3.63) is 35.4 Å². The summed E-state index contributed by atoms with van der Waals surface area (Å²) in [4.78, 5) is 0. The van der Waals surface area contributed by atoms with Crippen molar-refractivity contribution in [2.75, 3.05) is 14.2 Å². The van der Waals surface area contributed by atoms with Gasteiger partial charge in [-0.3, -0.25) is 5.84 Å². The molecule has 0 spiro atoms. The molecule has 0 amide bonds. The van der Waals surface area contributed by atoms with E-state index in [2.05, 4.69) is 11.5 Å². The summed E-state index contributed by atoms with van der Waals surface area (Å²) in [5.41, 5.74) is 5.24. The molecule has 2 rings (SSSR count). The van der Waals surface area contributed by atoms with Gasteiger partial charge in [0, 0.05) is 0 Å². The van der Waals surface area contributed by atoms with Gasteiger partial charge >= 0.3 is 0 Å². The van der Waals surface area contributed by atoms with E-state index in [1.807, 2.05) is 18.2 Å². The van der Waals surface area contributed by atoms with Crippen LogP contribution >= 0.6 is 0 Å². The minimum Gasteiger partial charge on any atom is -0.496 e. The zero-order valence-corrected chi connectivity index (χ0v) is 12.3. The molecular formula is C16H24N2O2. The van der Waals surface area contributed by atoms with E-state index in [-0.39, 0.29) is 6.04 Å². The van der Waals surface area contributed by atoms with E-state index in [0.29, 0.717) is 0 Å². The molecular weight excluding hydrogens is 252 g/mol. The highest BCUT2D eigenvalue weighted by Crippen LogP contribution is 2.39. The average Bonchev–Trinajstić information content (AvgIpc) is 2.77. The first-order chi connectivity index (χ1) is 9.81. The van der Waals surface area contributed by atoms with Crippen molar-refractivity contribution in [1.82, 2.24) is 5.43 Å². The second-order valence-electron chi connectivity index (χ2n) is 5.05. The molecule has 1 aromatic rings. The maximum atomic E-state index is 5.83. The fourth-order valence-corrected chi connectivity index (χ4v) is 2.84. The maximum absolute atomic E-state index is 5.83. The standard InChI is InChI=1S/C16H24N2O2/c1-19-13-10-7-11-14(20-2)15(13)16(18-17)12-8-5-3-4-6-9-12/h7-8,10-11,16,18H,3-6,9,17H2,1-2H3. The van der Waals surface area contributed by atoms with Gasteiger partial charge in [0.05, 0.1) is 25.8 Å². The number of hydrazine groups is 1. The van der Waals surface area contributed by atoms with Crippen LogP contribution in [-0.2, 0) is 0 Å². The highest BCUT2D eigenvalue weighted by Gasteiger charge is 2.23. The Morgan fingerprint density at radius 3 is 2.40 bits per heavy atom. The number of hydrogen-bond donors (Lipinski definition) is 2. The van der Waals surface area contributed by atoms with Crippen LogP contribution in [0, 0.1) is 0 Å². The Morgan fingerprint density at radius 2 is 1.80 bits per heavy atom. The van der Waals surface area contributed by atoms with Gasteiger partial charge in [-0.15, -0.1) is 0 Å². The fraction of sp³-hybridized carbons (Fsp3) is 0.500. The summed E-state index contributed by atoms with van der Waals surface area (Å²) >= 11 is 0. The van der Waals surface area contributed by atoms with Crippen LogP contribution in [0.2, 0.25) is 0 Å². The number of nitrogens with two attached hydrogens (primary N) is 1. The number of hydrogen-bond acceptors (Lipinski definition) is 4. The molecule has 0 saturated heterocycles. The van der Waals surface area contributed by atoms with E-state index in [4.69, 9.17) is 15.3 Å². The number of methoxy groups -OCH3 is 2. The van der Waals surface area contributed by atoms with Crippen molar-refractivity contribution in [2.45, 2.75) is 38.1 Å². The fourth-order valence-electron chi connectivity index (χ4n) is 2.84. The number of nitrogens with one attached hydrogen (secondary N) is 1. The Hall–Kier alpha value is -1.52. The van der Waals surface area contributed by atoms with Crippen molar-refractivity contribution in [3.63, 3.8) is 0 Å². The van der Waals surface area contributed by atoms with Crippen LogP contribution in [0.4, 0.5) is 0 Å². The average molecular weight is 276 g/mol. The first-order valence-corrected chi connectivity index (χ1v) is 7.17. The molecule has 0 radical (unpaired) electrons. The van der Waals surface area contributed by atoms with Crippen molar-refractivity contribution in [3.8, 4) is 11.5 Å². The molecule has 0 heterocycles. The van der Waals surface area contributed by atoms with Gasteiger partial charge in [0.1, 0.15) is 11.5 Å². The SMILES string of the molecule is COc1cccc(OC)c1C(NN)C1=CCCCCC1. The van der Waals surface area contributed by atoms with E-state index in [0.717, 1.165) is 29.9 Å². The lowest BCUT2D eigenvalue weighted by Gasteiger charge is -2.24. The van der Waals surface area contributed by atoms with Gasteiger partial charge in [0.25, 0.3) is 0 Å². The van der Waals surface area contributed by atoms with Gasteiger partial charge in [-0.05, 0) is 37.8 Å². The molecule has 1 unspecified atom stereocenters. The molecule has 0 aromatic heterocycles. The van der Waals surface area contributed by atoms with Gasteiger partial charge in [0.15, 0.2) is 0 Å². The molecule has 110 valence electrons. The summed E-state index contributed by atoms with van der Waals surface area (Å²) in [5.74, 6) is 7.44. The largest absolute Gasteiger partial charge is 0.496 e. The Kier molecular flexibility index (Phi) is 5.44. The predicted molar refractivity (Wildman–Crippen MR) is 80.8 cm³/mol. The molecule has 0 aliphatic heterocycles. The van der Waals surface area contributed by atoms with Crippen LogP contribution in [0.5, 0.6) is 11.5 Å². The molecule has 3 N–H and O–H groups in total. The number of allylic oxidation sites excluding steroid dienone is 1. The van der Waals surface area contributed by atoms with Gasteiger partial charge in [0.2, 0.25) is 0 Å². The highest BCUT2D eigenvalue weighted by molar-refractivity contribution is 5.50. The summed E-state index contributed by atoms with van der Waals surface area (Å²) in [6.07, 6.45) is 8.23. The second-order valence-corrected chi connectivity index (χ2v) is 5.05. The number of ether oxygens (including phenoxy) is 2. The van der Waals surface area contributed by atoms with E-state index in [9.17, 15) is 0 Å². The third-order valence-corrected chi connectivity index (χ3v) is 3.87. The summed E-state index contributed by atoms with van der Waals surface area (Å²) in [6.45, 7) is 0. The van der Waals surface area contributed by atoms with Crippen LogP contribution < -0.4 is 20.7 Å². The summed E-state index contributed by atoms with van der Waals surface area (Å²) in [6, 6.07) is 5.76. The zero-order chi connectivity index (χ0) is 14.4. The third kappa shape index (κ3) is 3.14. The maximum Gasteiger partial charge on any atom is 0.127 e. The van der Waals surface area contributed by atoms with Crippen molar-refractivity contribution in [1.29, 1.82) is 0 Å². The molecule has 0 bridgehead atoms. The molecule has 20 heavy (non-hydrogen) atoms. The van der Waals surface area contributed by atoms with Crippen LogP contribution in [0.15, 0.2) is 29.8 Å². The predicted octanol–water partition coefficient (Wildman–Crippen LogP) is 3.10. The van der Waals surface area contributed by atoms with Gasteiger partial charge in [-0.25, -0.2) is 5.43 Å². The normalized spacial score (nSPS) is 17.1. The Morgan fingerprint density at radius 1 is 1.10 bits per heavy atom. The lowest BCUT2D eigenvalue weighted by atomic mass is 9.94. The molecule has 4 nitrogen and oxygen atoms in total. The van der Waals surface area contributed by atoms with E-state index < -0.39 is 0 Å². The first kappa shape index (κ1) is 14.9. The van der Waals surface area contributed by atoms with Crippen LogP contribution in [0.1, 0.15) is 43.7 Å². The third-order valence-electron chi connectivity index (χ3n) is 3.87. The van der Waals surface area contributed by atoms with Gasteiger partial charge in [-0.2, -0.15) is 0 Å². The lowest BCUT2D eigenvalue weighted by molar-refractivity contribution is 0.375. The number of benzene rings is 1. The zero-order valence-electron chi connectivity index (χ0n) is 12.3. The highest BCUT2D eigenvalue weighted by atomic mass is 16.5. The summed E-state index contributed by atoms with van der Waals surface area (Å²) in [5, 5.41) is 0. The van der Waals surface area contributed by atoms with Crippen molar-refractivity contribution < 1.29 is 9.47 Å². The molecule has 1 aliphatic carbocycles. The minimum absolute atomic E-state index is 0.0563. The minimum atomic E-state index is -0.0563. The van der Waals surface area contributed by atoms with Crippen molar-refractivity contribution >= 4 is 0 Å². The van der Waals surface area contributed by atoms with E-state index >= 15 is 0 Å². The van der Waals surface area contributed by atoms with Crippen molar-refractivity contribution in [2.24, 2.45) is 5.84 Å². The quantitative estimate of drug-likeness (QED) is 0.493. The summed E-state index contributed by atoms with van der Waals surface area (Å²) in [7, 11) is 3.35. The Bertz CT molecular complexity index is 449. The second kappa shape index (κ2) is 7.31. The van der Waals surface area contributed by atoms with Gasteiger partial charge < -0.3 is 9.47 Å². The number of rotatable bonds is 5. The molecule has 1 aliphatic rings.